The Hall–Kier alpha value is -1.96. The molecule has 0 unspecified atom stereocenters. The van der Waals surface area contributed by atoms with Gasteiger partial charge in [-0.2, -0.15) is 0 Å². The molecule has 0 aliphatic rings. The molecule has 0 fully saturated rings. The SMILES string of the molecule is CCCC(c1cc(C)cc(CC)c1O)c1cc(C)cc(CC)c1O. The minimum atomic E-state index is 0.0189. The molecule has 0 aliphatic carbocycles. The molecule has 0 amide bonds. The molecule has 2 N–H and O–H groups in total. The number of benzene rings is 2. The second kappa shape index (κ2) is 7.74. The van der Waals surface area contributed by atoms with Crippen LogP contribution in [0.1, 0.15) is 72.9 Å². The Bertz CT molecular complexity index is 657. The lowest BCUT2D eigenvalue weighted by Crippen LogP contribution is -2.05. The van der Waals surface area contributed by atoms with Gasteiger partial charge in [-0.25, -0.2) is 0 Å². The zero-order chi connectivity index (χ0) is 17.9. The second-order valence-electron chi connectivity index (χ2n) is 6.77. The van der Waals surface area contributed by atoms with E-state index in [1.165, 1.54) is 0 Å². The maximum Gasteiger partial charge on any atom is 0.122 e. The average Bonchev–Trinajstić information content (AvgIpc) is 2.56. The zero-order valence-electron chi connectivity index (χ0n) is 15.6. The molecule has 0 heterocycles. The van der Waals surface area contributed by atoms with Crippen molar-refractivity contribution in [1.82, 2.24) is 0 Å². The summed E-state index contributed by atoms with van der Waals surface area (Å²) in [6.45, 7) is 10.4. The smallest absolute Gasteiger partial charge is 0.122 e. The number of aromatic hydroxyl groups is 2. The topological polar surface area (TPSA) is 40.5 Å². The van der Waals surface area contributed by atoms with Crippen LogP contribution in [0.5, 0.6) is 11.5 Å². The Labute approximate surface area is 146 Å². The first kappa shape index (κ1) is 18.4. The molecule has 2 rings (SSSR count). The maximum atomic E-state index is 10.8. The Morgan fingerprint density at radius 3 is 1.50 bits per heavy atom. The molecule has 2 heteroatoms. The second-order valence-corrected chi connectivity index (χ2v) is 6.77. The number of phenols is 2. The van der Waals surface area contributed by atoms with E-state index in [0.717, 1.165) is 59.1 Å². The van der Waals surface area contributed by atoms with Crippen LogP contribution in [-0.4, -0.2) is 10.2 Å². The highest BCUT2D eigenvalue weighted by molar-refractivity contribution is 5.53. The van der Waals surface area contributed by atoms with Gasteiger partial charge in [-0.3, -0.25) is 0 Å². The first-order chi connectivity index (χ1) is 11.4. The average molecular weight is 326 g/mol. The first-order valence-electron chi connectivity index (χ1n) is 9.07. The van der Waals surface area contributed by atoms with Crippen molar-refractivity contribution in [3.05, 3.63) is 57.6 Å². The van der Waals surface area contributed by atoms with Crippen LogP contribution < -0.4 is 0 Å². The molecule has 0 atom stereocenters. The predicted molar refractivity (Wildman–Crippen MR) is 101 cm³/mol. The Morgan fingerprint density at radius 2 is 1.17 bits per heavy atom. The fraction of sp³-hybridized carbons (Fsp3) is 0.455. The molecule has 2 aromatic rings. The van der Waals surface area contributed by atoms with E-state index in [4.69, 9.17) is 0 Å². The van der Waals surface area contributed by atoms with E-state index in [2.05, 4.69) is 58.9 Å². The highest BCUT2D eigenvalue weighted by Crippen LogP contribution is 2.42. The van der Waals surface area contributed by atoms with Crippen molar-refractivity contribution < 1.29 is 10.2 Å². The van der Waals surface area contributed by atoms with Gasteiger partial charge in [-0.1, -0.05) is 62.6 Å². The Kier molecular flexibility index (Phi) is 5.93. The van der Waals surface area contributed by atoms with Crippen molar-refractivity contribution in [3.8, 4) is 11.5 Å². The third kappa shape index (κ3) is 3.58. The number of rotatable bonds is 6. The summed E-state index contributed by atoms with van der Waals surface area (Å²) in [6, 6.07) is 8.25. The molecule has 0 bridgehead atoms. The Balaban J connectivity index is 2.68. The summed E-state index contributed by atoms with van der Waals surface area (Å²) in [7, 11) is 0. The van der Waals surface area contributed by atoms with Gasteiger partial charge in [0.2, 0.25) is 0 Å². The number of phenolic OH excluding ortho intramolecular Hbond substituents is 2. The van der Waals surface area contributed by atoms with E-state index in [0.29, 0.717) is 11.5 Å². The van der Waals surface area contributed by atoms with Crippen LogP contribution in [0.2, 0.25) is 0 Å². The van der Waals surface area contributed by atoms with Crippen LogP contribution in [0.25, 0.3) is 0 Å². The fourth-order valence-corrected chi connectivity index (χ4v) is 3.61. The van der Waals surface area contributed by atoms with E-state index in [-0.39, 0.29) is 5.92 Å². The van der Waals surface area contributed by atoms with Gasteiger partial charge in [0.05, 0.1) is 0 Å². The highest BCUT2D eigenvalue weighted by Gasteiger charge is 2.23. The molecular weight excluding hydrogens is 296 g/mol. The van der Waals surface area contributed by atoms with Crippen molar-refractivity contribution in [2.75, 3.05) is 0 Å². The monoisotopic (exact) mass is 326 g/mol. The summed E-state index contributed by atoms with van der Waals surface area (Å²) in [4.78, 5) is 0. The van der Waals surface area contributed by atoms with Gasteiger partial charge < -0.3 is 10.2 Å². The van der Waals surface area contributed by atoms with Crippen LogP contribution in [0.15, 0.2) is 24.3 Å². The van der Waals surface area contributed by atoms with Crippen LogP contribution >= 0.6 is 0 Å². The van der Waals surface area contributed by atoms with Gasteiger partial charge in [-0.05, 0) is 44.2 Å². The molecule has 2 nitrogen and oxygen atoms in total. The summed E-state index contributed by atoms with van der Waals surface area (Å²) < 4.78 is 0. The molecule has 0 spiro atoms. The van der Waals surface area contributed by atoms with Crippen molar-refractivity contribution in [1.29, 1.82) is 0 Å². The summed E-state index contributed by atoms with van der Waals surface area (Å²) >= 11 is 0. The van der Waals surface area contributed by atoms with E-state index in [1.54, 1.807) is 0 Å². The Morgan fingerprint density at radius 1 is 0.750 bits per heavy atom. The van der Waals surface area contributed by atoms with Crippen molar-refractivity contribution in [2.45, 2.75) is 66.2 Å². The van der Waals surface area contributed by atoms with Crippen LogP contribution in [0, 0.1) is 13.8 Å². The molecule has 0 saturated carbocycles. The van der Waals surface area contributed by atoms with Crippen molar-refractivity contribution in [3.63, 3.8) is 0 Å². The van der Waals surface area contributed by atoms with E-state index >= 15 is 0 Å². The standard InChI is InChI=1S/C22H30O2/c1-6-9-18(19-12-14(4)10-16(7-2)21(19)23)20-13-15(5)11-17(8-3)22(20)24/h10-13,18,23-24H,6-9H2,1-5H3. The predicted octanol–water partition coefficient (Wildman–Crippen LogP) is 5.77. The summed E-state index contributed by atoms with van der Waals surface area (Å²) in [5.74, 6) is 0.798. The maximum absolute atomic E-state index is 10.8. The first-order valence-corrected chi connectivity index (χ1v) is 9.07. The summed E-state index contributed by atoms with van der Waals surface area (Å²) in [6.07, 6.45) is 3.51. The van der Waals surface area contributed by atoms with Crippen LogP contribution in [0.3, 0.4) is 0 Å². The van der Waals surface area contributed by atoms with Gasteiger partial charge >= 0.3 is 0 Å². The molecule has 0 aliphatic heterocycles. The zero-order valence-corrected chi connectivity index (χ0v) is 15.6. The third-order valence-electron chi connectivity index (χ3n) is 4.82. The van der Waals surface area contributed by atoms with Gasteiger partial charge in [0.25, 0.3) is 0 Å². The van der Waals surface area contributed by atoms with E-state index < -0.39 is 0 Å². The van der Waals surface area contributed by atoms with Crippen molar-refractivity contribution in [2.24, 2.45) is 0 Å². The third-order valence-corrected chi connectivity index (χ3v) is 4.82. The quantitative estimate of drug-likeness (QED) is 0.707. The molecule has 130 valence electrons. The molecule has 2 aromatic carbocycles. The lowest BCUT2D eigenvalue weighted by Gasteiger charge is -2.23. The molecule has 0 radical (unpaired) electrons. The minimum Gasteiger partial charge on any atom is -0.507 e. The number of hydrogen-bond acceptors (Lipinski definition) is 2. The van der Waals surface area contributed by atoms with Gasteiger partial charge in [0, 0.05) is 17.0 Å². The van der Waals surface area contributed by atoms with Gasteiger partial charge in [0.1, 0.15) is 11.5 Å². The number of hydrogen-bond donors (Lipinski definition) is 2. The minimum absolute atomic E-state index is 0.0189. The van der Waals surface area contributed by atoms with Crippen molar-refractivity contribution >= 4 is 0 Å². The lowest BCUT2D eigenvalue weighted by molar-refractivity contribution is 0.444. The normalized spacial score (nSPS) is 11.2. The van der Waals surface area contributed by atoms with Crippen LogP contribution in [0.4, 0.5) is 0 Å². The fourth-order valence-electron chi connectivity index (χ4n) is 3.61. The van der Waals surface area contributed by atoms with E-state index in [1.807, 2.05) is 0 Å². The van der Waals surface area contributed by atoms with Crippen LogP contribution in [-0.2, 0) is 12.8 Å². The highest BCUT2D eigenvalue weighted by atomic mass is 16.3. The largest absolute Gasteiger partial charge is 0.507 e. The summed E-state index contributed by atoms with van der Waals surface area (Å²) in [5.41, 5.74) is 6.16. The number of aryl methyl sites for hydroxylation is 4. The summed E-state index contributed by atoms with van der Waals surface area (Å²) in [5, 5.41) is 21.6. The van der Waals surface area contributed by atoms with E-state index in [9.17, 15) is 10.2 Å². The molecule has 24 heavy (non-hydrogen) atoms. The molecule has 0 saturated heterocycles. The van der Waals surface area contributed by atoms with Gasteiger partial charge in [0.15, 0.2) is 0 Å². The lowest BCUT2D eigenvalue weighted by atomic mass is 9.83. The molecule has 0 aromatic heterocycles. The van der Waals surface area contributed by atoms with Gasteiger partial charge in [-0.15, -0.1) is 0 Å². The molecular formula is C22H30O2.